The van der Waals surface area contributed by atoms with Crippen molar-refractivity contribution < 1.29 is 4.79 Å². The zero-order valence-electron chi connectivity index (χ0n) is 17.2. The van der Waals surface area contributed by atoms with Crippen molar-refractivity contribution in [1.29, 1.82) is 0 Å². The van der Waals surface area contributed by atoms with E-state index in [0.717, 1.165) is 57.5 Å². The fourth-order valence-electron chi connectivity index (χ4n) is 5.28. The Hall–Kier alpha value is -1.75. The molecule has 2 saturated heterocycles. The predicted molar refractivity (Wildman–Crippen MR) is 127 cm³/mol. The van der Waals surface area contributed by atoms with Gasteiger partial charge in [-0.1, -0.05) is 30.3 Å². The quantitative estimate of drug-likeness (QED) is 0.737. The first kappa shape index (κ1) is 22.9. The van der Waals surface area contributed by atoms with E-state index in [1.165, 1.54) is 23.2 Å². The van der Waals surface area contributed by atoms with Crippen LogP contribution in [0.25, 0.3) is 0 Å². The molecule has 4 nitrogen and oxygen atoms in total. The smallest absolute Gasteiger partial charge is 0.253 e. The number of para-hydroxylation sites is 1. The lowest BCUT2D eigenvalue weighted by Gasteiger charge is -2.39. The number of piperidine rings is 1. The van der Waals surface area contributed by atoms with Crippen LogP contribution in [-0.2, 0) is 11.8 Å². The van der Waals surface area contributed by atoms with Crippen molar-refractivity contribution in [3.05, 3.63) is 65.2 Å². The van der Waals surface area contributed by atoms with E-state index in [-0.39, 0.29) is 36.1 Å². The van der Waals surface area contributed by atoms with Crippen LogP contribution in [0.5, 0.6) is 0 Å². The molecule has 6 heteroatoms. The Morgan fingerprint density at radius 2 is 1.87 bits per heavy atom. The van der Waals surface area contributed by atoms with Crippen LogP contribution in [-0.4, -0.2) is 43.5 Å². The Morgan fingerprint density at radius 1 is 1.07 bits per heavy atom. The summed E-state index contributed by atoms with van der Waals surface area (Å²) in [6.07, 6.45) is 4.38. The lowest BCUT2D eigenvalue weighted by Crippen LogP contribution is -2.46. The van der Waals surface area contributed by atoms with Crippen molar-refractivity contribution in [1.82, 2.24) is 10.2 Å². The maximum Gasteiger partial charge on any atom is 0.253 e. The molecule has 1 amide bonds. The van der Waals surface area contributed by atoms with Crippen molar-refractivity contribution in [3.63, 3.8) is 0 Å². The number of halogens is 2. The number of likely N-dealkylation sites (tertiary alicyclic amines) is 1. The summed E-state index contributed by atoms with van der Waals surface area (Å²) in [5.74, 6) is 0.899. The molecule has 3 aliphatic heterocycles. The van der Waals surface area contributed by atoms with Crippen LogP contribution in [0.3, 0.4) is 0 Å². The molecule has 30 heavy (non-hydrogen) atoms. The van der Waals surface area contributed by atoms with Crippen LogP contribution in [0.4, 0.5) is 5.69 Å². The third kappa shape index (κ3) is 4.32. The molecule has 1 spiro atoms. The second-order valence-electron chi connectivity index (χ2n) is 8.73. The lowest BCUT2D eigenvalue weighted by molar-refractivity contribution is 0.0676. The summed E-state index contributed by atoms with van der Waals surface area (Å²) in [5.41, 5.74) is 5.06. The van der Waals surface area contributed by atoms with Gasteiger partial charge in [-0.05, 0) is 74.0 Å². The van der Waals surface area contributed by atoms with Gasteiger partial charge in [0, 0.05) is 36.3 Å². The normalized spacial score (nSPS) is 21.3. The van der Waals surface area contributed by atoms with Gasteiger partial charge in [0.25, 0.3) is 5.91 Å². The number of hydrogen-bond donors (Lipinski definition) is 2. The molecular formula is C24H31Cl2N3O. The summed E-state index contributed by atoms with van der Waals surface area (Å²) in [5, 5.41) is 7.00. The van der Waals surface area contributed by atoms with Crippen molar-refractivity contribution in [2.45, 2.75) is 31.1 Å². The first-order valence-electron chi connectivity index (χ1n) is 10.7. The highest BCUT2D eigenvalue weighted by molar-refractivity contribution is 5.94. The van der Waals surface area contributed by atoms with Gasteiger partial charge in [0.2, 0.25) is 0 Å². The number of hydrogen-bond acceptors (Lipinski definition) is 3. The molecule has 162 valence electrons. The predicted octanol–water partition coefficient (Wildman–Crippen LogP) is 4.28. The summed E-state index contributed by atoms with van der Waals surface area (Å²) in [7, 11) is 0. The van der Waals surface area contributed by atoms with E-state index in [1.54, 1.807) is 0 Å². The van der Waals surface area contributed by atoms with E-state index in [0.29, 0.717) is 5.92 Å². The van der Waals surface area contributed by atoms with Gasteiger partial charge in [-0.15, -0.1) is 24.8 Å². The summed E-state index contributed by atoms with van der Waals surface area (Å²) < 4.78 is 0. The van der Waals surface area contributed by atoms with Crippen LogP contribution in [0, 0.1) is 5.92 Å². The first-order valence-corrected chi connectivity index (χ1v) is 10.7. The Labute approximate surface area is 191 Å². The summed E-state index contributed by atoms with van der Waals surface area (Å²) in [6.45, 7) is 4.90. The first-order chi connectivity index (χ1) is 13.7. The summed E-state index contributed by atoms with van der Waals surface area (Å²) in [4.78, 5) is 15.2. The lowest BCUT2D eigenvalue weighted by atomic mass is 9.74. The van der Waals surface area contributed by atoms with E-state index in [9.17, 15) is 4.79 Å². The number of fused-ring (bicyclic) bond motifs is 2. The van der Waals surface area contributed by atoms with Crippen LogP contribution in [0.15, 0.2) is 48.5 Å². The third-order valence-corrected chi connectivity index (χ3v) is 6.98. The summed E-state index contributed by atoms with van der Waals surface area (Å²) >= 11 is 0. The van der Waals surface area contributed by atoms with Crippen LogP contribution >= 0.6 is 24.8 Å². The topological polar surface area (TPSA) is 44.4 Å². The molecule has 0 aromatic heterocycles. The largest absolute Gasteiger partial charge is 0.384 e. The molecule has 3 aliphatic rings. The molecule has 2 fully saturated rings. The van der Waals surface area contributed by atoms with Crippen molar-refractivity contribution >= 4 is 36.4 Å². The van der Waals surface area contributed by atoms with Crippen LogP contribution < -0.4 is 10.6 Å². The maximum atomic E-state index is 13.1. The fourth-order valence-corrected chi connectivity index (χ4v) is 5.28. The Balaban J connectivity index is 0.00000128. The second-order valence-corrected chi connectivity index (χ2v) is 8.73. The zero-order valence-corrected chi connectivity index (χ0v) is 18.9. The summed E-state index contributed by atoms with van der Waals surface area (Å²) in [6, 6.07) is 17.0. The second kappa shape index (κ2) is 9.59. The average molecular weight is 448 g/mol. The zero-order chi connectivity index (χ0) is 19.0. The van der Waals surface area contributed by atoms with Crippen molar-refractivity contribution in [3.8, 4) is 0 Å². The van der Waals surface area contributed by atoms with E-state index >= 15 is 0 Å². The number of rotatable bonds is 3. The van der Waals surface area contributed by atoms with Gasteiger partial charge in [0.05, 0.1) is 0 Å². The maximum absolute atomic E-state index is 13.1. The Kier molecular flexibility index (Phi) is 7.33. The average Bonchev–Trinajstić information content (AvgIpc) is 3.37. The molecule has 3 heterocycles. The minimum atomic E-state index is 0. The molecule has 0 radical (unpaired) electrons. The van der Waals surface area contributed by atoms with Crippen molar-refractivity contribution in [2.24, 2.45) is 5.92 Å². The van der Waals surface area contributed by atoms with Gasteiger partial charge in [0.15, 0.2) is 0 Å². The molecule has 0 bridgehead atoms. The van der Waals surface area contributed by atoms with Gasteiger partial charge < -0.3 is 15.5 Å². The molecule has 5 rings (SSSR count). The van der Waals surface area contributed by atoms with Crippen molar-refractivity contribution in [2.75, 3.05) is 38.0 Å². The Bertz CT molecular complexity index is 874. The van der Waals surface area contributed by atoms with E-state index in [2.05, 4.69) is 51.9 Å². The molecular weight excluding hydrogens is 417 g/mol. The minimum absolute atomic E-state index is 0. The van der Waals surface area contributed by atoms with Gasteiger partial charge in [0.1, 0.15) is 0 Å². The molecule has 2 aromatic rings. The van der Waals surface area contributed by atoms with E-state index in [4.69, 9.17) is 0 Å². The molecule has 2 N–H and O–H groups in total. The molecule has 1 unspecified atom stereocenters. The SMILES string of the molecule is Cl.Cl.O=C(c1cccc(CC2CCNC2)c1)N1CCC2(CC1)CNc1ccccc12. The third-order valence-electron chi connectivity index (χ3n) is 6.98. The van der Waals surface area contributed by atoms with Crippen LogP contribution in [0.1, 0.15) is 40.7 Å². The van der Waals surface area contributed by atoms with Gasteiger partial charge in [-0.25, -0.2) is 0 Å². The highest BCUT2D eigenvalue weighted by Crippen LogP contribution is 2.43. The Morgan fingerprint density at radius 3 is 2.63 bits per heavy atom. The number of nitrogens with one attached hydrogen (secondary N) is 2. The number of benzene rings is 2. The molecule has 0 saturated carbocycles. The minimum Gasteiger partial charge on any atom is -0.384 e. The molecule has 2 aromatic carbocycles. The highest BCUT2D eigenvalue weighted by atomic mass is 35.5. The number of amides is 1. The van der Waals surface area contributed by atoms with E-state index < -0.39 is 0 Å². The standard InChI is InChI=1S/C24H29N3O.2ClH/c28-23(20-5-3-4-18(15-20)14-19-8-11-25-16-19)27-12-9-24(10-13-27)17-26-22-7-2-1-6-21(22)24;;/h1-7,15,19,25-26H,8-14,16-17H2;2*1H. The highest BCUT2D eigenvalue weighted by Gasteiger charge is 2.42. The van der Waals surface area contributed by atoms with Gasteiger partial charge in [-0.2, -0.15) is 0 Å². The van der Waals surface area contributed by atoms with Gasteiger partial charge >= 0.3 is 0 Å². The monoisotopic (exact) mass is 447 g/mol. The van der Waals surface area contributed by atoms with Crippen LogP contribution in [0.2, 0.25) is 0 Å². The van der Waals surface area contributed by atoms with Gasteiger partial charge in [-0.3, -0.25) is 4.79 Å². The number of carbonyl (C=O) groups excluding carboxylic acids is 1. The molecule has 0 aliphatic carbocycles. The van der Waals surface area contributed by atoms with E-state index in [1.807, 2.05) is 12.1 Å². The fraction of sp³-hybridized carbons (Fsp3) is 0.458. The number of nitrogens with zero attached hydrogens (tertiary/aromatic N) is 1. The molecule has 1 atom stereocenters. The number of carbonyl (C=O) groups is 1. The number of anilines is 1.